The predicted octanol–water partition coefficient (Wildman–Crippen LogP) is 4.20. The summed E-state index contributed by atoms with van der Waals surface area (Å²) in [7, 11) is 0. The van der Waals surface area contributed by atoms with Crippen LogP contribution in [0.2, 0.25) is 5.02 Å². The molecule has 1 N–H and O–H groups in total. The van der Waals surface area contributed by atoms with E-state index in [1.165, 1.54) is 10.4 Å². The molecule has 4 aromatic rings. The van der Waals surface area contributed by atoms with E-state index in [-0.39, 0.29) is 5.56 Å². The molecule has 152 valence electrons. The lowest BCUT2D eigenvalue weighted by atomic mass is 9.93. The Morgan fingerprint density at radius 3 is 2.87 bits per heavy atom. The first kappa shape index (κ1) is 19.4. The van der Waals surface area contributed by atoms with Gasteiger partial charge in [0, 0.05) is 28.7 Å². The average molecular weight is 437 g/mol. The second-order valence-electron chi connectivity index (χ2n) is 7.59. The van der Waals surface area contributed by atoms with Gasteiger partial charge in [0.05, 0.1) is 24.0 Å². The monoisotopic (exact) mass is 436 g/mol. The Bertz CT molecular complexity index is 1250. The first-order chi connectivity index (χ1) is 14.7. The third kappa shape index (κ3) is 3.78. The van der Waals surface area contributed by atoms with Gasteiger partial charge in [-0.3, -0.25) is 14.3 Å². The first-order valence-electron chi connectivity index (χ1n) is 10.1. The minimum Gasteiger partial charge on any atom is -0.309 e. The van der Waals surface area contributed by atoms with Crippen molar-refractivity contribution in [1.29, 1.82) is 0 Å². The van der Waals surface area contributed by atoms with E-state index in [9.17, 15) is 4.79 Å². The molecule has 3 aromatic heterocycles. The van der Waals surface area contributed by atoms with Crippen molar-refractivity contribution in [3.8, 4) is 0 Å². The Morgan fingerprint density at radius 2 is 2.03 bits per heavy atom. The topological polar surface area (TPSA) is 59.8 Å². The summed E-state index contributed by atoms with van der Waals surface area (Å²) in [4.78, 5) is 24.2. The SMILES string of the molecule is O=c1c2c3c(sc2ncn1Cc1ccccn1)CC(NCc1ccccc1Cl)CC3. The number of aromatic nitrogens is 3. The Morgan fingerprint density at radius 1 is 1.17 bits per heavy atom. The highest BCUT2D eigenvalue weighted by molar-refractivity contribution is 7.18. The van der Waals surface area contributed by atoms with Crippen molar-refractivity contribution in [2.75, 3.05) is 0 Å². The highest BCUT2D eigenvalue weighted by Gasteiger charge is 2.25. The molecule has 5 nitrogen and oxygen atoms in total. The average Bonchev–Trinajstić information content (AvgIpc) is 3.14. The number of fused-ring (bicyclic) bond motifs is 3. The van der Waals surface area contributed by atoms with E-state index in [1.807, 2.05) is 36.4 Å². The zero-order valence-corrected chi connectivity index (χ0v) is 17.9. The van der Waals surface area contributed by atoms with Crippen molar-refractivity contribution in [3.05, 3.63) is 92.1 Å². The van der Waals surface area contributed by atoms with Crippen LogP contribution in [0, 0.1) is 0 Å². The molecular formula is C23H21ClN4OS. The summed E-state index contributed by atoms with van der Waals surface area (Å²) < 4.78 is 1.67. The smallest absolute Gasteiger partial charge is 0.262 e. The van der Waals surface area contributed by atoms with Gasteiger partial charge in [0.1, 0.15) is 4.83 Å². The fourth-order valence-electron chi connectivity index (χ4n) is 4.05. The molecule has 0 amide bonds. The van der Waals surface area contributed by atoms with Crippen LogP contribution in [-0.2, 0) is 25.9 Å². The second kappa shape index (κ2) is 8.30. The van der Waals surface area contributed by atoms with E-state index in [0.29, 0.717) is 12.6 Å². The van der Waals surface area contributed by atoms with Crippen molar-refractivity contribution < 1.29 is 0 Å². The van der Waals surface area contributed by atoms with Gasteiger partial charge in [0.2, 0.25) is 0 Å². The van der Waals surface area contributed by atoms with Crippen LogP contribution in [0.4, 0.5) is 0 Å². The van der Waals surface area contributed by atoms with E-state index in [4.69, 9.17) is 11.6 Å². The van der Waals surface area contributed by atoms with Crippen molar-refractivity contribution in [3.63, 3.8) is 0 Å². The summed E-state index contributed by atoms with van der Waals surface area (Å²) in [6.07, 6.45) is 6.20. The second-order valence-corrected chi connectivity index (χ2v) is 9.09. The molecule has 0 saturated carbocycles. The van der Waals surface area contributed by atoms with Crippen LogP contribution in [0.1, 0.15) is 28.1 Å². The number of hydrogen-bond acceptors (Lipinski definition) is 5. The summed E-state index contributed by atoms with van der Waals surface area (Å²) in [6, 6.07) is 14.0. The summed E-state index contributed by atoms with van der Waals surface area (Å²) in [5.41, 5.74) is 3.18. The molecule has 30 heavy (non-hydrogen) atoms. The van der Waals surface area contributed by atoms with Crippen LogP contribution in [0.15, 0.2) is 59.8 Å². The van der Waals surface area contributed by atoms with Gasteiger partial charge < -0.3 is 5.32 Å². The predicted molar refractivity (Wildman–Crippen MR) is 121 cm³/mol. The zero-order chi connectivity index (χ0) is 20.5. The largest absolute Gasteiger partial charge is 0.309 e. The highest BCUT2D eigenvalue weighted by atomic mass is 35.5. The number of halogens is 1. The quantitative estimate of drug-likeness (QED) is 0.509. The Hall–Kier alpha value is -2.54. The van der Waals surface area contributed by atoms with E-state index in [1.54, 1.807) is 28.4 Å². The lowest BCUT2D eigenvalue weighted by Gasteiger charge is -2.23. The van der Waals surface area contributed by atoms with E-state index >= 15 is 0 Å². The molecule has 0 bridgehead atoms. The number of pyridine rings is 1. The number of benzene rings is 1. The van der Waals surface area contributed by atoms with Gasteiger partial charge in [-0.1, -0.05) is 35.9 Å². The maximum absolute atomic E-state index is 13.2. The molecule has 3 heterocycles. The van der Waals surface area contributed by atoms with Gasteiger partial charge in [-0.05, 0) is 48.6 Å². The summed E-state index contributed by atoms with van der Waals surface area (Å²) >= 11 is 7.93. The van der Waals surface area contributed by atoms with E-state index < -0.39 is 0 Å². The molecule has 1 aliphatic rings. The molecule has 0 spiro atoms. The van der Waals surface area contributed by atoms with Crippen LogP contribution >= 0.6 is 22.9 Å². The van der Waals surface area contributed by atoms with Gasteiger partial charge in [0.25, 0.3) is 5.56 Å². The highest BCUT2D eigenvalue weighted by Crippen LogP contribution is 2.33. The van der Waals surface area contributed by atoms with Crippen LogP contribution in [0.3, 0.4) is 0 Å². The molecule has 0 aliphatic heterocycles. The maximum Gasteiger partial charge on any atom is 0.262 e. The van der Waals surface area contributed by atoms with Gasteiger partial charge in [-0.25, -0.2) is 4.98 Å². The molecule has 0 fully saturated rings. The molecule has 0 saturated heterocycles. The van der Waals surface area contributed by atoms with Crippen molar-refractivity contribution in [2.24, 2.45) is 0 Å². The molecular weight excluding hydrogens is 416 g/mol. The van der Waals surface area contributed by atoms with Gasteiger partial charge in [-0.2, -0.15) is 0 Å². The number of nitrogens with one attached hydrogen (secondary N) is 1. The third-order valence-electron chi connectivity index (χ3n) is 5.63. The lowest BCUT2D eigenvalue weighted by Crippen LogP contribution is -2.34. The van der Waals surface area contributed by atoms with Crippen LogP contribution in [-0.4, -0.2) is 20.6 Å². The summed E-state index contributed by atoms with van der Waals surface area (Å²) in [5.74, 6) is 0. The van der Waals surface area contributed by atoms with E-state index in [0.717, 1.165) is 52.3 Å². The molecule has 1 atom stereocenters. The molecule has 1 aromatic carbocycles. The summed E-state index contributed by atoms with van der Waals surface area (Å²) in [6.45, 7) is 1.19. The number of thiophene rings is 1. The Kier molecular flexibility index (Phi) is 5.37. The van der Waals surface area contributed by atoms with Crippen molar-refractivity contribution in [2.45, 2.75) is 38.4 Å². The van der Waals surface area contributed by atoms with E-state index in [2.05, 4.69) is 21.4 Å². The molecule has 0 radical (unpaired) electrons. The van der Waals surface area contributed by atoms with Gasteiger partial charge >= 0.3 is 0 Å². The normalized spacial score (nSPS) is 16.0. The van der Waals surface area contributed by atoms with Gasteiger partial charge in [0.15, 0.2) is 0 Å². The minimum absolute atomic E-state index is 0.0330. The van der Waals surface area contributed by atoms with Crippen molar-refractivity contribution in [1.82, 2.24) is 19.9 Å². The van der Waals surface area contributed by atoms with Crippen LogP contribution < -0.4 is 10.9 Å². The van der Waals surface area contributed by atoms with Crippen molar-refractivity contribution >= 4 is 33.2 Å². The minimum atomic E-state index is 0.0330. The molecule has 5 rings (SSSR count). The van der Waals surface area contributed by atoms with Crippen LogP contribution in [0.5, 0.6) is 0 Å². The fourth-order valence-corrected chi connectivity index (χ4v) is 5.51. The standard InChI is InChI=1S/C23H21ClN4OS/c24-19-7-2-1-5-15(19)12-26-16-8-9-18-20(11-16)30-22-21(18)23(29)28(14-27-22)13-17-6-3-4-10-25-17/h1-7,10,14,16,26H,8-9,11-13H2. The number of nitrogens with zero attached hydrogens (tertiary/aromatic N) is 3. The Balaban J connectivity index is 1.37. The number of rotatable bonds is 5. The zero-order valence-electron chi connectivity index (χ0n) is 16.3. The lowest BCUT2D eigenvalue weighted by molar-refractivity contribution is 0.463. The van der Waals surface area contributed by atoms with Gasteiger partial charge in [-0.15, -0.1) is 11.3 Å². The third-order valence-corrected chi connectivity index (χ3v) is 7.16. The summed E-state index contributed by atoms with van der Waals surface area (Å²) in [5, 5.41) is 5.22. The maximum atomic E-state index is 13.2. The molecule has 1 unspecified atom stereocenters. The fraction of sp³-hybridized carbons (Fsp3) is 0.261. The number of aryl methyl sites for hydroxylation is 1. The first-order valence-corrected chi connectivity index (χ1v) is 11.2. The Labute approximate surface area is 183 Å². The molecule has 7 heteroatoms. The number of hydrogen-bond donors (Lipinski definition) is 1. The van der Waals surface area contributed by atoms with Crippen LogP contribution in [0.25, 0.3) is 10.2 Å². The molecule has 1 aliphatic carbocycles.